The second kappa shape index (κ2) is 6.86. The summed E-state index contributed by atoms with van der Waals surface area (Å²) in [5.41, 5.74) is 0. The van der Waals surface area contributed by atoms with Crippen molar-refractivity contribution < 1.29 is 0 Å². The smallest absolute Gasteiger partial charge is 0.00981 e. The molecule has 0 aromatic heterocycles. The fourth-order valence-electron chi connectivity index (χ4n) is 1.95. The van der Waals surface area contributed by atoms with Crippen LogP contribution in [0.25, 0.3) is 0 Å². The number of nitrogens with zero attached hydrogens (tertiary/aromatic N) is 1. The third kappa shape index (κ3) is 4.13. The van der Waals surface area contributed by atoms with Crippen LogP contribution in [0.5, 0.6) is 0 Å². The van der Waals surface area contributed by atoms with Crippen molar-refractivity contribution in [2.24, 2.45) is 0 Å². The Hall–Kier alpha value is -0.520. The molecule has 0 saturated carbocycles. The van der Waals surface area contributed by atoms with E-state index in [4.69, 9.17) is 6.42 Å². The average molecular weight is 194 g/mol. The molecule has 14 heavy (non-hydrogen) atoms. The number of terminal acetylenes is 1. The lowest BCUT2D eigenvalue weighted by atomic mass is 10.1. The number of hydrogen-bond acceptors (Lipinski definition) is 2. The lowest BCUT2D eigenvalue weighted by Crippen LogP contribution is -2.42. The maximum absolute atomic E-state index is 5.20. The molecule has 0 atom stereocenters. The molecule has 1 aliphatic rings. The summed E-state index contributed by atoms with van der Waals surface area (Å²) < 4.78 is 0. The Morgan fingerprint density at radius 3 is 2.71 bits per heavy atom. The first-order valence-electron chi connectivity index (χ1n) is 5.76. The van der Waals surface area contributed by atoms with Crippen LogP contribution in [0.3, 0.4) is 0 Å². The van der Waals surface area contributed by atoms with Crippen molar-refractivity contribution in [2.75, 3.05) is 26.2 Å². The molecule has 0 aromatic carbocycles. The summed E-state index contributed by atoms with van der Waals surface area (Å²) in [4.78, 5) is 2.51. The summed E-state index contributed by atoms with van der Waals surface area (Å²) in [7, 11) is 0. The molecule has 0 radical (unpaired) electrons. The molecule has 1 rings (SSSR count). The average Bonchev–Trinajstić information content (AvgIpc) is 2.25. The maximum Gasteiger partial charge on any atom is 0.00981 e. The van der Waals surface area contributed by atoms with E-state index in [0.29, 0.717) is 0 Å². The molecule has 0 bridgehead atoms. The van der Waals surface area contributed by atoms with Gasteiger partial charge in [-0.25, -0.2) is 0 Å². The third-order valence-corrected chi connectivity index (χ3v) is 2.97. The first-order valence-corrected chi connectivity index (χ1v) is 5.76. The number of piperidine rings is 1. The monoisotopic (exact) mass is 194 g/mol. The number of likely N-dealkylation sites (tertiary alicyclic amines) is 1. The standard InChI is InChI=1S/C12H22N2/c1-3-5-6-9-13-12-7-10-14(4-2)11-8-12/h1,12-13H,4-11H2,2H3. The lowest BCUT2D eigenvalue weighted by Gasteiger charge is -2.31. The number of rotatable bonds is 5. The van der Waals surface area contributed by atoms with Gasteiger partial charge in [-0.3, -0.25) is 0 Å². The Bertz CT molecular complexity index is 175. The van der Waals surface area contributed by atoms with E-state index in [1.54, 1.807) is 0 Å². The zero-order valence-electron chi connectivity index (χ0n) is 9.26. The molecule has 0 aliphatic carbocycles. The van der Waals surface area contributed by atoms with Gasteiger partial charge in [0.25, 0.3) is 0 Å². The van der Waals surface area contributed by atoms with Gasteiger partial charge >= 0.3 is 0 Å². The lowest BCUT2D eigenvalue weighted by molar-refractivity contribution is 0.206. The quantitative estimate of drug-likeness (QED) is 0.527. The molecule has 0 aromatic rings. The Kier molecular flexibility index (Phi) is 5.66. The van der Waals surface area contributed by atoms with E-state index >= 15 is 0 Å². The minimum absolute atomic E-state index is 0.732. The largest absolute Gasteiger partial charge is 0.314 e. The minimum atomic E-state index is 0.732. The van der Waals surface area contributed by atoms with Crippen molar-refractivity contribution in [3.63, 3.8) is 0 Å². The molecule has 1 fully saturated rings. The SMILES string of the molecule is C#CCCCNC1CCN(CC)CC1. The summed E-state index contributed by atoms with van der Waals surface area (Å²) >= 11 is 0. The highest BCUT2D eigenvalue weighted by molar-refractivity contribution is 4.84. The molecule has 2 heteroatoms. The molecule has 1 N–H and O–H groups in total. The summed E-state index contributed by atoms with van der Waals surface area (Å²) in [5.74, 6) is 2.67. The second-order valence-electron chi connectivity index (χ2n) is 3.97. The number of hydrogen-bond donors (Lipinski definition) is 1. The van der Waals surface area contributed by atoms with E-state index in [9.17, 15) is 0 Å². The van der Waals surface area contributed by atoms with E-state index in [0.717, 1.165) is 25.4 Å². The Balaban J connectivity index is 2.02. The van der Waals surface area contributed by atoms with Crippen molar-refractivity contribution in [1.29, 1.82) is 0 Å². The highest BCUT2D eigenvalue weighted by atomic mass is 15.1. The van der Waals surface area contributed by atoms with E-state index in [-0.39, 0.29) is 0 Å². The van der Waals surface area contributed by atoms with Crippen LogP contribution >= 0.6 is 0 Å². The van der Waals surface area contributed by atoms with E-state index in [1.165, 1.54) is 32.5 Å². The van der Waals surface area contributed by atoms with Crippen LogP contribution in [0.2, 0.25) is 0 Å². The molecule has 1 heterocycles. The van der Waals surface area contributed by atoms with Crippen LogP contribution in [0.15, 0.2) is 0 Å². The van der Waals surface area contributed by atoms with Gasteiger partial charge in [-0.1, -0.05) is 6.92 Å². The molecule has 0 unspecified atom stereocenters. The maximum atomic E-state index is 5.20. The van der Waals surface area contributed by atoms with Gasteiger partial charge in [0, 0.05) is 12.5 Å². The molecule has 0 amide bonds. The Morgan fingerprint density at radius 2 is 2.14 bits per heavy atom. The minimum Gasteiger partial charge on any atom is -0.314 e. The molecule has 1 saturated heterocycles. The highest BCUT2D eigenvalue weighted by Crippen LogP contribution is 2.09. The number of unbranched alkanes of at least 4 members (excludes halogenated alkanes) is 1. The molecular formula is C12H22N2. The van der Waals surface area contributed by atoms with Crippen LogP contribution in [0, 0.1) is 12.3 Å². The Labute approximate surface area is 88.1 Å². The van der Waals surface area contributed by atoms with Gasteiger partial charge in [0.1, 0.15) is 0 Å². The van der Waals surface area contributed by atoms with Gasteiger partial charge in [0.05, 0.1) is 0 Å². The van der Waals surface area contributed by atoms with Crippen molar-refractivity contribution in [2.45, 2.75) is 38.6 Å². The predicted octanol–water partition coefficient (Wildman–Crippen LogP) is 1.47. The van der Waals surface area contributed by atoms with Crippen molar-refractivity contribution in [3.05, 3.63) is 0 Å². The van der Waals surface area contributed by atoms with Crippen LogP contribution < -0.4 is 5.32 Å². The summed E-state index contributed by atoms with van der Waals surface area (Å²) in [5, 5.41) is 3.58. The summed E-state index contributed by atoms with van der Waals surface area (Å²) in [6.07, 6.45) is 9.81. The van der Waals surface area contributed by atoms with E-state index in [2.05, 4.69) is 23.1 Å². The van der Waals surface area contributed by atoms with Crippen molar-refractivity contribution in [3.8, 4) is 12.3 Å². The van der Waals surface area contributed by atoms with Gasteiger partial charge in [0.15, 0.2) is 0 Å². The van der Waals surface area contributed by atoms with Gasteiger partial charge in [-0.05, 0) is 45.4 Å². The van der Waals surface area contributed by atoms with Gasteiger partial charge < -0.3 is 10.2 Å². The van der Waals surface area contributed by atoms with Crippen LogP contribution in [0.4, 0.5) is 0 Å². The normalized spacial score (nSPS) is 19.4. The molecule has 80 valence electrons. The third-order valence-electron chi connectivity index (χ3n) is 2.97. The van der Waals surface area contributed by atoms with Gasteiger partial charge in [-0.2, -0.15) is 0 Å². The topological polar surface area (TPSA) is 15.3 Å². The van der Waals surface area contributed by atoms with Crippen LogP contribution in [-0.4, -0.2) is 37.1 Å². The predicted molar refractivity (Wildman–Crippen MR) is 61.2 cm³/mol. The molecule has 2 nitrogen and oxygen atoms in total. The molecule has 0 spiro atoms. The second-order valence-corrected chi connectivity index (χ2v) is 3.97. The zero-order chi connectivity index (χ0) is 10.2. The first kappa shape index (κ1) is 11.6. The number of nitrogens with one attached hydrogen (secondary N) is 1. The molecule has 1 aliphatic heterocycles. The highest BCUT2D eigenvalue weighted by Gasteiger charge is 2.16. The van der Waals surface area contributed by atoms with Gasteiger partial charge in [0.2, 0.25) is 0 Å². The van der Waals surface area contributed by atoms with Crippen LogP contribution in [0.1, 0.15) is 32.6 Å². The van der Waals surface area contributed by atoms with Crippen molar-refractivity contribution in [1.82, 2.24) is 10.2 Å². The van der Waals surface area contributed by atoms with Crippen LogP contribution in [-0.2, 0) is 0 Å². The van der Waals surface area contributed by atoms with Crippen molar-refractivity contribution >= 4 is 0 Å². The molecular weight excluding hydrogens is 172 g/mol. The first-order chi connectivity index (χ1) is 6.86. The zero-order valence-corrected chi connectivity index (χ0v) is 9.26. The summed E-state index contributed by atoms with van der Waals surface area (Å²) in [6, 6.07) is 0.732. The van der Waals surface area contributed by atoms with E-state index < -0.39 is 0 Å². The Morgan fingerprint density at radius 1 is 1.43 bits per heavy atom. The van der Waals surface area contributed by atoms with Gasteiger partial charge in [-0.15, -0.1) is 12.3 Å². The fourth-order valence-corrected chi connectivity index (χ4v) is 1.95. The van der Waals surface area contributed by atoms with E-state index in [1.807, 2.05) is 0 Å². The summed E-state index contributed by atoms with van der Waals surface area (Å²) in [6.45, 7) is 7.03. The fraction of sp³-hybridized carbons (Fsp3) is 0.833.